The molecule has 0 fully saturated rings. The molecule has 0 saturated carbocycles. The van der Waals surface area contributed by atoms with Crippen LogP contribution in [-0.4, -0.2) is 71.6 Å². The molecule has 0 aliphatic carbocycles. The minimum atomic E-state index is -1.65. The summed E-state index contributed by atoms with van der Waals surface area (Å²) in [5, 5.41) is 18.7. The van der Waals surface area contributed by atoms with Gasteiger partial charge in [-0.2, -0.15) is 0 Å². The van der Waals surface area contributed by atoms with Gasteiger partial charge in [-0.1, -0.05) is 96.8 Å². The standard InChI is InChI=1S/C24H46O5.Ca.2H/c1-4-5-6-7-8-9-10-11-12-13-14-15-16-17-18-19-22(26)29-24(3,23(27)28)20-21(2)25;;;/h21,25H,4-20H2,1-3H3,(H,27,28);;;. The van der Waals surface area contributed by atoms with Gasteiger partial charge < -0.3 is 14.9 Å². The molecule has 0 saturated heterocycles. The van der Waals surface area contributed by atoms with Gasteiger partial charge in [-0.15, -0.1) is 0 Å². The quantitative estimate of drug-likeness (QED) is 0.144. The molecule has 2 atom stereocenters. The Hall–Kier alpha value is 0.160. The van der Waals surface area contributed by atoms with E-state index in [1.807, 2.05) is 0 Å². The number of aliphatic carboxylic acids is 1. The summed E-state index contributed by atoms with van der Waals surface area (Å²) in [6, 6.07) is 0. The van der Waals surface area contributed by atoms with Crippen molar-refractivity contribution in [1.29, 1.82) is 0 Å². The van der Waals surface area contributed by atoms with Crippen LogP contribution in [0.4, 0.5) is 0 Å². The molecular formula is C24H48CaO5. The first-order chi connectivity index (χ1) is 13.8. The molecule has 0 heterocycles. The third-order valence-corrected chi connectivity index (χ3v) is 5.46. The van der Waals surface area contributed by atoms with Gasteiger partial charge in [0.15, 0.2) is 0 Å². The van der Waals surface area contributed by atoms with E-state index in [4.69, 9.17) is 4.74 Å². The molecule has 2 N–H and O–H groups in total. The van der Waals surface area contributed by atoms with Crippen LogP contribution in [0.1, 0.15) is 130 Å². The van der Waals surface area contributed by atoms with E-state index in [1.165, 1.54) is 90.9 Å². The van der Waals surface area contributed by atoms with Gasteiger partial charge in [0.05, 0.1) is 6.10 Å². The topological polar surface area (TPSA) is 83.8 Å². The fourth-order valence-electron chi connectivity index (χ4n) is 3.68. The summed E-state index contributed by atoms with van der Waals surface area (Å²) in [6.07, 6.45) is 18.2. The molecule has 0 rings (SSSR count). The molecule has 0 radical (unpaired) electrons. The molecule has 6 heteroatoms. The molecule has 2 unspecified atom stereocenters. The summed E-state index contributed by atoms with van der Waals surface area (Å²) < 4.78 is 5.13. The van der Waals surface area contributed by atoms with E-state index in [0.717, 1.165) is 19.3 Å². The zero-order valence-electron chi connectivity index (χ0n) is 19.2. The fourth-order valence-corrected chi connectivity index (χ4v) is 3.68. The van der Waals surface area contributed by atoms with E-state index in [2.05, 4.69) is 6.92 Å². The van der Waals surface area contributed by atoms with E-state index >= 15 is 0 Å². The van der Waals surface area contributed by atoms with Crippen molar-refractivity contribution in [2.45, 2.75) is 142 Å². The van der Waals surface area contributed by atoms with E-state index in [-0.39, 0.29) is 50.6 Å². The molecule has 5 nitrogen and oxygen atoms in total. The molecule has 0 aromatic rings. The van der Waals surface area contributed by atoms with Crippen molar-refractivity contribution in [3.8, 4) is 0 Å². The van der Waals surface area contributed by atoms with Crippen LogP contribution in [0.25, 0.3) is 0 Å². The molecule has 0 aromatic carbocycles. The number of carboxylic acid groups (broad SMARTS) is 1. The Balaban J connectivity index is 0. The number of rotatable bonds is 20. The van der Waals surface area contributed by atoms with Crippen LogP contribution in [0.3, 0.4) is 0 Å². The second-order valence-corrected chi connectivity index (χ2v) is 8.76. The number of hydrogen-bond acceptors (Lipinski definition) is 4. The van der Waals surface area contributed by atoms with Crippen LogP contribution >= 0.6 is 0 Å². The van der Waals surface area contributed by atoms with Gasteiger partial charge in [0.25, 0.3) is 0 Å². The number of aliphatic hydroxyl groups excluding tert-OH is 1. The summed E-state index contributed by atoms with van der Waals surface area (Å²) >= 11 is 0. The monoisotopic (exact) mass is 456 g/mol. The van der Waals surface area contributed by atoms with E-state index in [9.17, 15) is 19.8 Å². The Morgan fingerprint density at radius 2 is 1.17 bits per heavy atom. The van der Waals surface area contributed by atoms with Crippen molar-refractivity contribution in [3.05, 3.63) is 0 Å². The van der Waals surface area contributed by atoms with Crippen molar-refractivity contribution in [3.63, 3.8) is 0 Å². The molecule has 0 aliphatic rings. The number of carbonyl (C=O) groups is 2. The summed E-state index contributed by atoms with van der Waals surface area (Å²) in [5.74, 6) is -1.71. The number of carboxylic acids is 1. The van der Waals surface area contributed by atoms with E-state index in [1.54, 1.807) is 0 Å². The number of esters is 1. The molecule has 0 amide bonds. The van der Waals surface area contributed by atoms with Gasteiger partial charge in [-0.3, -0.25) is 4.79 Å². The third kappa shape index (κ3) is 18.9. The Labute approximate surface area is 214 Å². The zero-order chi connectivity index (χ0) is 22.0. The first kappa shape index (κ1) is 32.3. The van der Waals surface area contributed by atoms with Crippen molar-refractivity contribution in [2.24, 2.45) is 0 Å². The average Bonchev–Trinajstić information content (AvgIpc) is 2.64. The van der Waals surface area contributed by atoms with Gasteiger partial charge in [-0.25, -0.2) is 4.79 Å². The molecule has 176 valence electrons. The second kappa shape index (κ2) is 21.0. The number of aliphatic hydroxyl groups is 1. The Kier molecular flexibility index (Phi) is 22.7. The van der Waals surface area contributed by atoms with Crippen LogP contribution in [0.15, 0.2) is 0 Å². The van der Waals surface area contributed by atoms with Gasteiger partial charge in [0, 0.05) is 12.8 Å². The first-order valence-corrected chi connectivity index (χ1v) is 11.9. The molecule has 0 aliphatic heterocycles. The zero-order valence-corrected chi connectivity index (χ0v) is 19.2. The Bertz CT molecular complexity index is 428. The SMILES string of the molecule is CCCCCCCCCCCCCCCCCC(=O)OC(C)(CC(C)O)C(=O)O.[CaH2]. The minimum absolute atomic E-state index is 0. The van der Waals surface area contributed by atoms with Gasteiger partial charge in [0.2, 0.25) is 5.60 Å². The van der Waals surface area contributed by atoms with Crippen LogP contribution in [0.2, 0.25) is 0 Å². The summed E-state index contributed by atoms with van der Waals surface area (Å²) in [4.78, 5) is 23.2. The van der Waals surface area contributed by atoms with Gasteiger partial charge in [-0.05, 0) is 20.3 Å². The first-order valence-electron chi connectivity index (χ1n) is 11.9. The van der Waals surface area contributed by atoms with Crippen molar-refractivity contribution in [1.82, 2.24) is 0 Å². The van der Waals surface area contributed by atoms with Crippen molar-refractivity contribution in [2.75, 3.05) is 0 Å². The Morgan fingerprint density at radius 1 is 0.800 bits per heavy atom. The van der Waals surface area contributed by atoms with Crippen LogP contribution < -0.4 is 0 Å². The molecule has 30 heavy (non-hydrogen) atoms. The average molecular weight is 457 g/mol. The number of hydrogen-bond donors (Lipinski definition) is 2. The van der Waals surface area contributed by atoms with E-state index < -0.39 is 23.6 Å². The summed E-state index contributed by atoms with van der Waals surface area (Å²) in [7, 11) is 0. The van der Waals surface area contributed by atoms with Crippen molar-refractivity contribution >= 4 is 49.7 Å². The summed E-state index contributed by atoms with van der Waals surface area (Å²) in [6.45, 7) is 5.09. The maximum absolute atomic E-state index is 11.9. The van der Waals surface area contributed by atoms with Crippen LogP contribution in [0, 0.1) is 0 Å². The Morgan fingerprint density at radius 3 is 1.50 bits per heavy atom. The maximum atomic E-state index is 11.9. The molecular weight excluding hydrogens is 408 g/mol. The third-order valence-electron chi connectivity index (χ3n) is 5.46. The van der Waals surface area contributed by atoms with Crippen LogP contribution in [0.5, 0.6) is 0 Å². The normalized spacial score (nSPS) is 13.9. The summed E-state index contributed by atoms with van der Waals surface area (Å²) in [5.41, 5.74) is -1.65. The number of unbranched alkanes of at least 4 members (excludes halogenated alkanes) is 14. The molecule has 0 bridgehead atoms. The predicted octanol–water partition coefficient (Wildman–Crippen LogP) is 5.49. The molecule has 0 aromatic heterocycles. The van der Waals surface area contributed by atoms with Crippen molar-refractivity contribution < 1.29 is 24.5 Å². The van der Waals surface area contributed by atoms with E-state index in [0.29, 0.717) is 0 Å². The predicted molar refractivity (Wildman–Crippen MR) is 127 cm³/mol. The van der Waals surface area contributed by atoms with Gasteiger partial charge in [0.1, 0.15) is 0 Å². The van der Waals surface area contributed by atoms with Gasteiger partial charge >= 0.3 is 49.7 Å². The second-order valence-electron chi connectivity index (χ2n) is 8.76. The fraction of sp³-hybridized carbons (Fsp3) is 0.917. The molecule has 0 spiro atoms. The number of carbonyl (C=O) groups excluding carboxylic acids is 1. The number of ether oxygens (including phenoxy) is 1. The van der Waals surface area contributed by atoms with Crippen LogP contribution in [-0.2, 0) is 14.3 Å².